The summed E-state index contributed by atoms with van der Waals surface area (Å²) in [4.78, 5) is 11.5. The van der Waals surface area contributed by atoms with Crippen LogP contribution in [0.3, 0.4) is 0 Å². The minimum atomic E-state index is -6.35. The average Bonchev–Trinajstić information content (AvgIpc) is 3.01. The molecule has 1 aliphatic heterocycles. The number of hydrogen-bond donors (Lipinski definition) is 0. The first kappa shape index (κ1) is 21.8. The Morgan fingerprint density at radius 3 is 1.67 bits per heavy atom. The lowest BCUT2D eigenvalue weighted by atomic mass is 9.80. The molecule has 1 saturated carbocycles. The molecule has 0 N–H and O–H groups in total. The van der Waals surface area contributed by atoms with Gasteiger partial charge in [0.2, 0.25) is 0 Å². The summed E-state index contributed by atoms with van der Waals surface area (Å²) in [6.45, 7) is 3.78. The molecule has 0 radical (unpaired) electrons. The van der Waals surface area contributed by atoms with Gasteiger partial charge in [0.05, 0.1) is 0 Å². The molecular formula is C14H13F9O4. The van der Waals surface area contributed by atoms with Crippen molar-refractivity contribution in [2.75, 3.05) is 0 Å². The minimum absolute atomic E-state index is 0.278. The molecule has 2 fully saturated rings. The van der Waals surface area contributed by atoms with Crippen molar-refractivity contribution in [3.63, 3.8) is 0 Å². The van der Waals surface area contributed by atoms with Crippen molar-refractivity contribution in [2.24, 2.45) is 0 Å². The monoisotopic (exact) mass is 416 g/mol. The summed E-state index contributed by atoms with van der Waals surface area (Å²) in [5.41, 5.74) is -9.52. The van der Waals surface area contributed by atoms with Crippen LogP contribution >= 0.6 is 0 Å². The predicted octanol–water partition coefficient (Wildman–Crippen LogP) is 4.54. The molecule has 1 heterocycles. The molecule has 4 nitrogen and oxygen atoms in total. The van der Waals surface area contributed by atoms with E-state index in [-0.39, 0.29) is 12.8 Å². The molecule has 0 aromatic rings. The highest BCUT2D eigenvalue weighted by Crippen LogP contribution is 2.66. The standard InChI is InChI=1S/C14H13F9O4/c1-7(2)8(24)25-14(13(21,22)23)26-9(5-3-4-6-9)10(27-14,11(15,16)17)12(18,19)20/h1,3-6H2,2H3. The van der Waals surface area contributed by atoms with Crippen LogP contribution < -0.4 is 0 Å². The van der Waals surface area contributed by atoms with Crippen molar-refractivity contribution in [1.82, 2.24) is 0 Å². The van der Waals surface area contributed by atoms with Gasteiger partial charge in [-0.05, 0) is 19.8 Å². The summed E-state index contributed by atoms with van der Waals surface area (Å²) in [5, 5.41) is 0. The van der Waals surface area contributed by atoms with Crippen LogP contribution in [0.15, 0.2) is 12.2 Å². The zero-order valence-electron chi connectivity index (χ0n) is 13.6. The fraction of sp³-hybridized carbons (Fsp3) is 0.786. The number of ether oxygens (including phenoxy) is 3. The molecule has 1 spiro atoms. The number of hydrogen-bond acceptors (Lipinski definition) is 4. The van der Waals surface area contributed by atoms with Gasteiger partial charge in [0.15, 0.2) is 0 Å². The van der Waals surface area contributed by atoms with Crippen LogP contribution in [0.4, 0.5) is 39.5 Å². The number of halogens is 9. The van der Waals surface area contributed by atoms with Crippen molar-refractivity contribution in [2.45, 2.75) is 68.3 Å². The summed E-state index contributed by atoms with van der Waals surface area (Å²) in [5.74, 6) is -6.82. The Morgan fingerprint density at radius 2 is 1.33 bits per heavy atom. The van der Waals surface area contributed by atoms with Gasteiger partial charge in [-0.3, -0.25) is 9.47 Å². The van der Waals surface area contributed by atoms with Crippen LogP contribution in [0.1, 0.15) is 32.6 Å². The smallest absolute Gasteiger partial charge is 0.397 e. The van der Waals surface area contributed by atoms with Crippen LogP contribution in [-0.4, -0.2) is 41.7 Å². The molecule has 13 heteroatoms. The zero-order valence-corrected chi connectivity index (χ0v) is 13.6. The summed E-state index contributed by atoms with van der Waals surface area (Å²) in [7, 11) is 0. The van der Waals surface area contributed by atoms with Crippen LogP contribution in [0.5, 0.6) is 0 Å². The summed E-state index contributed by atoms with van der Waals surface area (Å²) in [6.07, 6.45) is -21.4. The molecule has 27 heavy (non-hydrogen) atoms. The summed E-state index contributed by atoms with van der Waals surface area (Å²) < 4.78 is 134. The van der Waals surface area contributed by atoms with E-state index >= 15 is 0 Å². The van der Waals surface area contributed by atoms with E-state index in [9.17, 15) is 44.3 Å². The van der Waals surface area contributed by atoms with Crippen molar-refractivity contribution in [3.05, 3.63) is 12.2 Å². The quantitative estimate of drug-likeness (QED) is 0.377. The van der Waals surface area contributed by atoms with Crippen LogP contribution in [-0.2, 0) is 19.0 Å². The highest BCUT2D eigenvalue weighted by atomic mass is 19.4. The molecule has 156 valence electrons. The van der Waals surface area contributed by atoms with Crippen molar-refractivity contribution in [3.8, 4) is 0 Å². The third-order valence-electron chi connectivity index (χ3n) is 4.39. The first-order valence-corrected chi connectivity index (χ1v) is 7.44. The lowest BCUT2D eigenvalue weighted by Crippen LogP contribution is -2.68. The Hall–Kier alpha value is -1.50. The van der Waals surface area contributed by atoms with Gasteiger partial charge >= 0.3 is 30.5 Å². The number of carbonyl (C=O) groups is 1. The number of esters is 1. The molecule has 1 aliphatic carbocycles. The molecule has 1 saturated heterocycles. The van der Waals surface area contributed by atoms with Crippen LogP contribution in [0.25, 0.3) is 0 Å². The second-order valence-electron chi connectivity index (χ2n) is 6.31. The Balaban J connectivity index is 2.75. The molecular weight excluding hydrogens is 403 g/mol. The van der Waals surface area contributed by atoms with Gasteiger partial charge in [-0.2, -0.15) is 39.5 Å². The predicted molar refractivity (Wildman–Crippen MR) is 67.9 cm³/mol. The van der Waals surface area contributed by atoms with Crippen molar-refractivity contribution in [1.29, 1.82) is 0 Å². The maximum absolute atomic E-state index is 13.6. The van der Waals surface area contributed by atoms with Gasteiger partial charge in [-0.15, -0.1) is 0 Å². The number of rotatable bonds is 2. The lowest BCUT2D eigenvalue weighted by Gasteiger charge is -2.41. The lowest BCUT2D eigenvalue weighted by molar-refractivity contribution is -0.473. The topological polar surface area (TPSA) is 44.8 Å². The maximum Gasteiger partial charge on any atom is 0.486 e. The Labute approximate surface area is 146 Å². The van der Waals surface area contributed by atoms with E-state index in [0.717, 1.165) is 6.92 Å². The van der Waals surface area contributed by atoms with Gasteiger partial charge in [-0.1, -0.05) is 19.4 Å². The molecule has 0 amide bonds. The zero-order chi connectivity index (χ0) is 21.1. The largest absolute Gasteiger partial charge is 0.486 e. The van der Waals surface area contributed by atoms with E-state index in [2.05, 4.69) is 20.8 Å². The highest BCUT2D eigenvalue weighted by Gasteiger charge is 2.92. The Bertz CT molecular complexity index is 614. The summed E-state index contributed by atoms with van der Waals surface area (Å²) >= 11 is 0. The van der Waals surface area contributed by atoms with Gasteiger partial charge in [0, 0.05) is 5.57 Å². The maximum atomic E-state index is 13.6. The first-order chi connectivity index (χ1) is 11.9. The third kappa shape index (κ3) is 2.98. The van der Waals surface area contributed by atoms with Crippen molar-refractivity contribution < 1.29 is 58.5 Å². The van der Waals surface area contributed by atoms with E-state index in [1.54, 1.807) is 0 Å². The van der Waals surface area contributed by atoms with E-state index < -0.39 is 60.1 Å². The molecule has 0 aromatic heterocycles. The van der Waals surface area contributed by atoms with Gasteiger partial charge in [0.25, 0.3) is 5.60 Å². The summed E-state index contributed by atoms with van der Waals surface area (Å²) in [6, 6.07) is 0. The van der Waals surface area contributed by atoms with Gasteiger partial charge in [0.1, 0.15) is 5.60 Å². The Kier molecular flexibility index (Phi) is 4.84. The van der Waals surface area contributed by atoms with Crippen LogP contribution in [0, 0.1) is 0 Å². The van der Waals surface area contributed by atoms with E-state index in [4.69, 9.17) is 0 Å². The number of carbonyl (C=O) groups excluding carboxylic acids is 1. The molecule has 1 unspecified atom stereocenters. The second kappa shape index (κ2) is 6.00. The highest BCUT2D eigenvalue weighted by molar-refractivity contribution is 5.87. The third-order valence-corrected chi connectivity index (χ3v) is 4.39. The molecule has 1 atom stereocenters. The SMILES string of the molecule is C=C(C)C(=O)OC1(C(F)(F)F)OC2(CCCC2)C(C(F)(F)F)(C(F)(F)F)O1. The van der Waals surface area contributed by atoms with E-state index in [1.807, 2.05) is 0 Å². The molecule has 0 bridgehead atoms. The second-order valence-corrected chi connectivity index (χ2v) is 6.31. The first-order valence-electron chi connectivity index (χ1n) is 7.44. The molecule has 0 aromatic carbocycles. The molecule has 2 rings (SSSR count). The van der Waals surface area contributed by atoms with Gasteiger partial charge < -0.3 is 4.74 Å². The fourth-order valence-electron chi connectivity index (χ4n) is 3.26. The minimum Gasteiger partial charge on any atom is -0.397 e. The van der Waals surface area contributed by atoms with Gasteiger partial charge in [-0.25, -0.2) is 4.79 Å². The number of alkyl halides is 9. The van der Waals surface area contributed by atoms with E-state index in [1.165, 1.54) is 0 Å². The van der Waals surface area contributed by atoms with E-state index in [0.29, 0.717) is 0 Å². The van der Waals surface area contributed by atoms with Crippen molar-refractivity contribution >= 4 is 5.97 Å². The Morgan fingerprint density at radius 1 is 0.889 bits per heavy atom. The normalized spacial score (nSPS) is 27.8. The molecule has 2 aliphatic rings. The average molecular weight is 416 g/mol. The fourth-order valence-corrected chi connectivity index (χ4v) is 3.26. The van der Waals surface area contributed by atoms with Crippen LogP contribution in [0.2, 0.25) is 0 Å².